The standard InChI is InChI=1S/C18H21N3O5/c1-11(2)8-13(18(24)25)20-15(22)9-19-16(23)14-10-26-17(21-14)12-6-4-3-5-7-12/h3-7,10-11,13H,8-9H2,1-2H3,(H,19,23)(H,20,22)(H,24,25)/t13-/m0/s1. The van der Waals surface area contributed by atoms with Crippen LogP contribution in [0.25, 0.3) is 11.5 Å². The molecule has 138 valence electrons. The highest BCUT2D eigenvalue weighted by molar-refractivity contribution is 5.95. The highest BCUT2D eigenvalue weighted by Gasteiger charge is 2.21. The Balaban J connectivity index is 1.89. The third-order valence-corrected chi connectivity index (χ3v) is 3.51. The van der Waals surface area contributed by atoms with E-state index >= 15 is 0 Å². The Morgan fingerprint density at radius 2 is 1.88 bits per heavy atom. The minimum absolute atomic E-state index is 0.0358. The number of carboxylic acids is 1. The van der Waals surface area contributed by atoms with E-state index in [1.54, 1.807) is 12.1 Å². The molecule has 0 aliphatic rings. The van der Waals surface area contributed by atoms with Crippen LogP contribution >= 0.6 is 0 Å². The van der Waals surface area contributed by atoms with Gasteiger partial charge in [0.1, 0.15) is 12.3 Å². The van der Waals surface area contributed by atoms with Crippen molar-refractivity contribution in [2.24, 2.45) is 5.92 Å². The van der Waals surface area contributed by atoms with Crippen molar-refractivity contribution in [1.82, 2.24) is 15.6 Å². The first kappa shape index (κ1) is 19.2. The van der Waals surface area contributed by atoms with Gasteiger partial charge in [-0.15, -0.1) is 0 Å². The van der Waals surface area contributed by atoms with E-state index in [1.807, 2.05) is 32.0 Å². The molecule has 0 aliphatic heterocycles. The van der Waals surface area contributed by atoms with Crippen LogP contribution in [0.1, 0.15) is 30.8 Å². The molecule has 0 unspecified atom stereocenters. The van der Waals surface area contributed by atoms with E-state index in [2.05, 4.69) is 15.6 Å². The second-order valence-electron chi connectivity index (χ2n) is 6.17. The SMILES string of the molecule is CC(C)C[C@H](NC(=O)CNC(=O)c1coc(-c2ccccc2)n1)C(=O)O. The van der Waals surface area contributed by atoms with Crippen molar-refractivity contribution >= 4 is 17.8 Å². The van der Waals surface area contributed by atoms with E-state index in [0.29, 0.717) is 12.3 Å². The summed E-state index contributed by atoms with van der Waals surface area (Å²) < 4.78 is 5.27. The Morgan fingerprint density at radius 1 is 1.19 bits per heavy atom. The zero-order valence-electron chi connectivity index (χ0n) is 14.6. The predicted octanol–water partition coefficient (Wildman–Crippen LogP) is 1.69. The molecule has 26 heavy (non-hydrogen) atoms. The molecule has 0 fully saturated rings. The summed E-state index contributed by atoms with van der Waals surface area (Å²) in [6.45, 7) is 3.37. The molecule has 0 aliphatic carbocycles. The van der Waals surface area contributed by atoms with Gasteiger partial charge in [-0.2, -0.15) is 0 Å². The summed E-state index contributed by atoms with van der Waals surface area (Å²) in [5.41, 5.74) is 0.760. The van der Waals surface area contributed by atoms with Crippen molar-refractivity contribution in [3.63, 3.8) is 0 Å². The zero-order chi connectivity index (χ0) is 19.1. The van der Waals surface area contributed by atoms with Crippen LogP contribution in [0.4, 0.5) is 0 Å². The molecule has 1 aromatic heterocycles. The molecule has 1 atom stereocenters. The lowest BCUT2D eigenvalue weighted by atomic mass is 10.0. The maximum absolute atomic E-state index is 12.1. The van der Waals surface area contributed by atoms with Gasteiger partial charge in [-0.25, -0.2) is 9.78 Å². The molecule has 3 N–H and O–H groups in total. The minimum Gasteiger partial charge on any atom is -0.480 e. The molecule has 2 rings (SSSR count). The number of oxazole rings is 1. The second kappa shape index (κ2) is 8.80. The Hall–Kier alpha value is -3.16. The monoisotopic (exact) mass is 359 g/mol. The van der Waals surface area contributed by atoms with Crippen LogP contribution in [0.15, 0.2) is 41.0 Å². The normalized spacial score (nSPS) is 11.8. The largest absolute Gasteiger partial charge is 0.480 e. The van der Waals surface area contributed by atoms with Crippen molar-refractivity contribution in [3.05, 3.63) is 42.3 Å². The smallest absolute Gasteiger partial charge is 0.326 e. The van der Waals surface area contributed by atoms with Crippen molar-refractivity contribution in [1.29, 1.82) is 0 Å². The number of carbonyl (C=O) groups excluding carboxylic acids is 2. The average Bonchev–Trinajstić information content (AvgIpc) is 3.09. The van der Waals surface area contributed by atoms with E-state index in [9.17, 15) is 14.4 Å². The number of carboxylic acid groups (broad SMARTS) is 1. The summed E-state index contributed by atoms with van der Waals surface area (Å²) in [4.78, 5) is 39.2. The number of nitrogens with zero attached hydrogens (tertiary/aromatic N) is 1. The fourth-order valence-corrected chi connectivity index (χ4v) is 2.28. The van der Waals surface area contributed by atoms with Crippen LogP contribution in [0.2, 0.25) is 0 Å². The first-order valence-electron chi connectivity index (χ1n) is 8.18. The Morgan fingerprint density at radius 3 is 2.50 bits per heavy atom. The summed E-state index contributed by atoms with van der Waals surface area (Å²) in [5, 5.41) is 13.9. The lowest BCUT2D eigenvalue weighted by Crippen LogP contribution is -2.46. The molecule has 0 saturated carbocycles. The molecule has 8 nitrogen and oxygen atoms in total. The van der Waals surface area contributed by atoms with Crippen LogP contribution in [0, 0.1) is 5.92 Å². The van der Waals surface area contributed by atoms with Crippen LogP contribution < -0.4 is 10.6 Å². The highest BCUT2D eigenvalue weighted by atomic mass is 16.4. The third-order valence-electron chi connectivity index (χ3n) is 3.51. The fourth-order valence-electron chi connectivity index (χ4n) is 2.28. The molecule has 0 radical (unpaired) electrons. The summed E-state index contributed by atoms with van der Waals surface area (Å²) in [6.07, 6.45) is 1.51. The first-order chi connectivity index (χ1) is 12.4. The van der Waals surface area contributed by atoms with Crippen molar-refractivity contribution in [3.8, 4) is 11.5 Å². The van der Waals surface area contributed by atoms with E-state index in [4.69, 9.17) is 9.52 Å². The van der Waals surface area contributed by atoms with Crippen LogP contribution in [0.5, 0.6) is 0 Å². The quantitative estimate of drug-likeness (QED) is 0.659. The van der Waals surface area contributed by atoms with Crippen molar-refractivity contribution < 1.29 is 23.9 Å². The van der Waals surface area contributed by atoms with Gasteiger partial charge in [0.25, 0.3) is 5.91 Å². The Kier molecular flexibility index (Phi) is 6.48. The molecule has 0 saturated heterocycles. The molecular weight excluding hydrogens is 338 g/mol. The molecule has 2 aromatic rings. The number of nitrogens with one attached hydrogen (secondary N) is 2. The Labute approximate surface area is 150 Å². The first-order valence-corrected chi connectivity index (χ1v) is 8.18. The number of aromatic nitrogens is 1. The highest BCUT2D eigenvalue weighted by Crippen LogP contribution is 2.17. The van der Waals surface area contributed by atoms with Gasteiger partial charge in [0.05, 0.1) is 6.54 Å². The zero-order valence-corrected chi connectivity index (χ0v) is 14.6. The lowest BCUT2D eigenvalue weighted by Gasteiger charge is -2.16. The topological polar surface area (TPSA) is 122 Å². The fraction of sp³-hybridized carbons (Fsp3) is 0.333. The molecular formula is C18H21N3O5. The summed E-state index contributed by atoms with van der Waals surface area (Å²) in [7, 11) is 0. The van der Waals surface area contributed by atoms with Gasteiger partial charge in [0.2, 0.25) is 11.8 Å². The maximum Gasteiger partial charge on any atom is 0.326 e. The maximum atomic E-state index is 12.1. The van der Waals surface area contributed by atoms with Crippen LogP contribution in [-0.4, -0.2) is 40.5 Å². The van der Waals surface area contributed by atoms with E-state index in [1.165, 1.54) is 6.26 Å². The van der Waals surface area contributed by atoms with Crippen molar-refractivity contribution in [2.45, 2.75) is 26.3 Å². The molecule has 1 heterocycles. The van der Waals surface area contributed by atoms with E-state index in [0.717, 1.165) is 5.56 Å². The van der Waals surface area contributed by atoms with Gasteiger partial charge >= 0.3 is 5.97 Å². The summed E-state index contributed by atoms with van der Waals surface area (Å²) in [5.74, 6) is -1.87. The van der Waals surface area contributed by atoms with E-state index in [-0.39, 0.29) is 18.2 Å². The summed E-state index contributed by atoms with van der Waals surface area (Å²) >= 11 is 0. The molecule has 8 heteroatoms. The van der Waals surface area contributed by atoms with Gasteiger partial charge in [0, 0.05) is 5.56 Å². The number of hydrogen-bond acceptors (Lipinski definition) is 5. The molecule has 0 spiro atoms. The van der Waals surface area contributed by atoms with Gasteiger partial charge in [-0.1, -0.05) is 32.0 Å². The van der Waals surface area contributed by atoms with Gasteiger partial charge < -0.3 is 20.2 Å². The van der Waals surface area contributed by atoms with Gasteiger partial charge in [0.15, 0.2) is 5.69 Å². The number of carbonyl (C=O) groups is 3. The van der Waals surface area contributed by atoms with Gasteiger partial charge in [-0.3, -0.25) is 9.59 Å². The molecule has 2 amide bonds. The average molecular weight is 359 g/mol. The van der Waals surface area contributed by atoms with Gasteiger partial charge in [-0.05, 0) is 24.5 Å². The van der Waals surface area contributed by atoms with Crippen LogP contribution in [-0.2, 0) is 9.59 Å². The Bertz CT molecular complexity index is 770. The number of aliphatic carboxylic acids is 1. The minimum atomic E-state index is -1.11. The van der Waals surface area contributed by atoms with E-state index < -0.39 is 23.8 Å². The number of benzene rings is 1. The number of amides is 2. The number of rotatable bonds is 8. The molecule has 0 bridgehead atoms. The number of hydrogen-bond donors (Lipinski definition) is 3. The second-order valence-corrected chi connectivity index (χ2v) is 6.17. The molecule has 1 aromatic carbocycles. The predicted molar refractivity (Wildman–Crippen MR) is 93.3 cm³/mol. The summed E-state index contributed by atoms with van der Waals surface area (Å²) in [6, 6.07) is 8.08. The third kappa shape index (κ3) is 5.44. The van der Waals surface area contributed by atoms with Crippen molar-refractivity contribution in [2.75, 3.05) is 6.54 Å². The lowest BCUT2D eigenvalue weighted by molar-refractivity contribution is -0.142. The van der Waals surface area contributed by atoms with Crippen LogP contribution in [0.3, 0.4) is 0 Å².